The smallest absolute Gasteiger partial charge is 0.456 e. The number of fused-ring (bicyclic) bond motifs is 1. The summed E-state index contributed by atoms with van der Waals surface area (Å²) in [6.07, 6.45) is -1.22. The Balaban J connectivity index is 1.91. The normalized spacial score (nSPS) is 23.6. The van der Waals surface area contributed by atoms with Crippen LogP contribution in [0.25, 0.3) is 0 Å². The zero-order valence-electron chi connectivity index (χ0n) is 17.0. The number of benzene rings is 1. The highest BCUT2D eigenvalue weighted by atomic mass is 32.2. The highest BCUT2D eigenvalue weighted by molar-refractivity contribution is 7.87. The lowest BCUT2D eigenvalue weighted by molar-refractivity contribution is -0.384. The van der Waals surface area contributed by atoms with Crippen molar-refractivity contribution >= 4 is 27.7 Å². The minimum atomic E-state index is -6.16. The summed E-state index contributed by atoms with van der Waals surface area (Å²) in [6.45, 7) is 2.03. The van der Waals surface area contributed by atoms with Gasteiger partial charge in [-0.15, -0.1) is 0 Å². The summed E-state index contributed by atoms with van der Waals surface area (Å²) in [5, 5.41) is 20.5. The van der Waals surface area contributed by atoms with Crippen molar-refractivity contribution in [1.29, 1.82) is 0 Å². The molecule has 11 nitrogen and oxygen atoms in total. The number of non-ortho nitro benzene ring substituents is 1. The molecule has 1 aromatic rings. The summed E-state index contributed by atoms with van der Waals surface area (Å²) in [6, 6.07) is 3.78. The van der Waals surface area contributed by atoms with Crippen LogP contribution in [-0.2, 0) is 35.2 Å². The van der Waals surface area contributed by atoms with Crippen molar-refractivity contribution in [2.24, 2.45) is 11.8 Å². The van der Waals surface area contributed by atoms with Gasteiger partial charge in [0.15, 0.2) is 11.5 Å². The monoisotopic (exact) mass is 494 g/mol. The predicted octanol–water partition coefficient (Wildman–Crippen LogP) is 1.57. The van der Waals surface area contributed by atoms with E-state index in [0.29, 0.717) is 0 Å². The number of ether oxygens (including phenoxy) is 1. The fourth-order valence-corrected chi connectivity index (χ4v) is 4.28. The van der Waals surface area contributed by atoms with E-state index in [1.807, 2.05) is 0 Å². The number of hydrogen-bond donors (Lipinski definition) is 1. The highest BCUT2D eigenvalue weighted by Gasteiger charge is 2.62. The van der Waals surface area contributed by atoms with Crippen molar-refractivity contribution in [3.05, 3.63) is 51.4 Å². The molecule has 1 fully saturated rings. The molecule has 2 aliphatic rings. The van der Waals surface area contributed by atoms with Gasteiger partial charge in [-0.1, -0.05) is 6.92 Å². The quantitative estimate of drug-likeness (QED) is 0.149. The van der Waals surface area contributed by atoms with E-state index in [-0.39, 0.29) is 11.3 Å². The zero-order chi connectivity index (χ0) is 24.9. The second kappa shape index (κ2) is 8.30. The Labute approximate surface area is 184 Å². The topological polar surface area (TPSA) is 153 Å². The first-order valence-electron chi connectivity index (χ1n) is 9.34. The molecule has 0 bridgehead atoms. The molecule has 3 rings (SSSR count). The molecule has 1 amide bonds. The Morgan fingerprint density at radius 1 is 1.30 bits per heavy atom. The van der Waals surface area contributed by atoms with Crippen LogP contribution >= 0.6 is 0 Å². The van der Waals surface area contributed by atoms with Crippen molar-refractivity contribution in [3.63, 3.8) is 0 Å². The van der Waals surface area contributed by atoms with Crippen molar-refractivity contribution in [1.82, 2.24) is 4.90 Å². The Morgan fingerprint density at radius 2 is 1.88 bits per heavy atom. The number of halogens is 3. The number of hydrogen-bond acceptors (Lipinski definition) is 9. The Hall–Kier alpha value is -3.20. The molecule has 4 atom stereocenters. The molecule has 33 heavy (non-hydrogen) atoms. The number of amides is 1. The van der Waals surface area contributed by atoms with Gasteiger partial charge >= 0.3 is 21.6 Å². The summed E-state index contributed by atoms with van der Waals surface area (Å²) in [7, 11) is -6.16. The van der Waals surface area contributed by atoms with Gasteiger partial charge in [-0.2, -0.15) is 21.6 Å². The highest BCUT2D eigenvalue weighted by Crippen LogP contribution is 2.48. The largest absolute Gasteiger partial charge is 0.534 e. The number of aliphatic hydroxyl groups excluding tert-OH is 1. The van der Waals surface area contributed by atoms with Crippen LogP contribution in [0.3, 0.4) is 0 Å². The molecule has 180 valence electrons. The minimum absolute atomic E-state index is 0.233. The Morgan fingerprint density at radius 3 is 2.36 bits per heavy atom. The van der Waals surface area contributed by atoms with Gasteiger partial charge in [0.2, 0.25) is 5.91 Å². The lowest BCUT2D eigenvalue weighted by Crippen LogP contribution is -2.63. The summed E-state index contributed by atoms with van der Waals surface area (Å²) in [4.78, 5) is 36.0. The maximum absolute atomic E-state index is 12.9. The molecule has 2 heterocycles. The van der Waals surface area contributed by atoms with E-state index >= 15 is 0 Å². The number of rotatable bonds is 7. The number of nitrogens with zero attached hydrogens (tertiary/aromatic N) is 2. The number of esters is 1. The van der Waals surface area contributed by atoms with Crippen LogP contribution in [0, 0.1) is 22.0 Å². The van der Waals surface area contributed by atoms with Crippen molar-refractivity contribution in [2.45, 2.75) is 38.1 Å². The number of carbonyl (C=O) groups is 2. The number of nitro groups is 1. The van der Waals surface area contributed by atoms with Gasteiger partial charge in [0.05, 0.1) is 23.0 Å². The molecule has 0 spiro atoms. The van der Waals surface area contributed by atoms with E-state index in [0.717, 1.165) is 17.0 Å². The molecular weight excluding hydrogens is 477 g/mol. The summed E-state index contributed by atoms with van der Waals surface area (Å²) >= 11 is 0. The van der Waals surface area contributed by atoms with Gasteiger partial charge in [0.1, 0.15) is 6.61 Å². The van der Waals surface area contributed by atoms with Gasteiger partial charge in [-0.25, -0.2) is 4.79 Å². The number of nitro benzene ring substituents is 1. The molecule has 2 aliphatic heterocycles. The van der Waals surface area contributed by atoms with E-state index < -0.39 is 74.5 Å². The van der Waals surface area contributed by atoms with Gasteiger partial charge < -0.3 is 14.0 Å². The van der Waals surface area contributed by atoms with Crippen molar-refractivity contribution in [3.8, 4) is 0 Å². The molecule has 0 aromatic heterocycles. The van der Waals surface area contributed by atoms with Crippen LogP contribution in [0.5, 0.6) is 0 Å². The zero-order valence-corrected chi connectivity index (χ0v) is 17.8. The van der Waals surface area contributed by atoms with Crippen LogP contribution in [0.4, 0.5) is 18.9 Å². The number of alkyl halides is 3. The third-order valence-electron chi connectivity index (χ3n) is 5.30. The molecule has 0 saturated carbocycles. The Kier molecular flexibility index (Phi) is 6.14. The van der Waals surface area contributed by atoms with E-state index in [1.165, 1.54) is 26.0 Å². The third kappa shape index (κ3) is 4.25. The fraction of sp³-hybridized carbons (Fsp3) is 0.444. The van der Waals surface area contributed by atoms with Crippen LogP contribution in [0.1, 0.15) is 19.4 Å². The number of aliphatic hydroxyl groups is 1. The summed E-state index contributed by atoms with van der Waals surface area (Å²) in [5.41, 5.74) is -6.56. The number of β-lactam (4-membered cyclic amide) rings is 1. The molecule has 1 saturated heterocycles. The van der Waals surface area contributed by atoms with E-state index in [9.17, 15) is 46.4 Å². The van der Waals surface area contributed by atoms with Crippen molar-refractivity contribution < 1.29 is 50.1 Å². The number of carbonyl (C=O) groups excluding carboxylic acids is 2. The van der Waals surface area contributed by atoms with Gasteiger partial charge in [0, 0.05) is 18.1 Å². The molecule has 15 heteroatoms. The third-order valence-corrected chi connectivity index (χ3v) is 6.27. The van der Waals surface area contributed by atoms with Crippen LogP contribution in [-0.4, -0.2) is 52.9 Å². The van der Waals surface area contributed by atoms with Gasteiger partial charge in [-0.3, -0.25) is 19.8 Å². The van der Waals surface area contributed by atoms with E-state index in [2.05, 4.69) is 4.18 Å². The molecule has 0 aliphatic carbocycles. The first-order valence-corrected chi connectivity index (χ1v) is 10.7. The average Bonchev–Trinajstić information content (AvgIpc) is 2.93. The maximum Gasteiger partial charge on any atom is 0.534 e. The van der Waals surface area contributed by atoms with Gasteiger partial charge in [-0.05, 0) is 24.6 Å². The van der Waals surface area contributed by atoms with Crippen LogP contribution < -0.4 is 0 Å². The molecule has 1 N–H and O–H groups in total. The SMILES string of the molecule is C[C@@H](O)[C@H]1C(=O)N2C(C(=O)OCc3ccc([N+](=O)[O-])cc3)=C(OS(=O)(=O)C(F)(F)F)[C@H](C)[C@@H]12. The fourth-order valence-electron chi connectivity index (χ4n) is 3.72. The van der Waals surface area contributed by atoms with E-state index in [4.69, 9.17) is 4.74 Å². The minimum Gasteiger partial charge on any atom is -0.456 e. The first-order chi connectivity index (χ1) is 15.2. The van der Waals surface area contributed by atoms with Crippen molar-refractivity contribution in [2.75, 3.05) is 0 Å². The molecule has 0 unspecified atom stereocenters. The lowest BCUT2D eigenvalue weighted by atomic mass is 9.79. The summed E-state index contributed by atoms with van der Waals surface area (Å²) in [5.74, 6) is -5.35. The predicted molar refractivity (Wildman–Crippen MR) is 101 cm³/mol. The standard InChI is InChI=1S/C18H17F3N2O9S/c1-8-13-12(9(2)24)16(25)22(13)14(15(8)32-33(29,30)18(19,20)21)17(26)31-7-10-3-5-11(6-4-10)23(27)28/h3-6,8-9,12-13,24H,7H2,1-2H3/t8-,9-,12-,13+/m1/s1. The van der Waals surface area contributed by atoms with E-state index in [1.54, 1.807) is 0 Å². The molecule has 1 aromatic carbocycles. The average molecular weight is 494 g/mol. The lowest BCUT2D eigenvalue weighted by Gasteiger charge is -2.46. The second-order valence-electron chi connectivity index (χ2n) is 7.45. The molecular formula is C18H17F3N2O9S. The molecule has 0 radical (unpaired) electrons. The maximum atomic E-state index is 12.9. The first kappa shape index (κ1) is 24.4. The van der Waals surface area contributed by atoms with Crippen LogP contribution in [0.2, 0.25) is 0 Å². The van der Waals surface area contributed by atoms with Crippen LogP contribution in [0.15, 0.2) is 35.7 Å². The van der Waals surface area contributed by atoms with Gasteiger partial charge in [0.25, 0.3) is 5.69 Å². The Bertz CT molecular complexity index is 1130. The summed E-state index contributed by atoms with van der Waals surface area (Å²) < 4.78 is 71.0. The second-order valence-corrected chi connectivity index (χ2v) is 8.99.